The molecule has 39 heavy (non-hydrogen) atoms. The van der Waals surface area contributed by atoms with Crippen LogP contribution < -0.4 is 0 Å². The molecular weight excluding hydrogens is 539 g/mol. The molecule has 2 aromatic carbocycles. The summed E-state index contributed by atoms with van der Waals surface area (Å²) in [6, 6.07) is 7.23. The van der Waals surface area contributed by atoms with Crippen LogP contribution in [0, 0.1) is 0 Å². The Balaban J connectivity index is 1.75. The van der Waals surface area contributed by atoms with E-state index in [0.29, 0.717) is 31.0 Å². The summed E-state index contributed by atoms with van der Waals surface area (Å²) in [4.78, 5) is 41.0. The molecule has 202 valence electrons. The smallest absolute Gasteiger partial charge is 0.417 e. The van der Waals surface area contributed by atoms with Crippen molar-refractivity contribution in [2.75, 3.05) is 26.3 Å². The van der Waals surface area contributed by atoms with Crippen molar-refractivity contribution in [3.05, 3.63) is 88.1 Å². The minimum Gasteiger partial charge on any atom is -0.480 e. The Morgan fingerprint density at radius 1 is 1.05 bits per heavy atom. The zero-order valence-corrected chi connectivity index (χ0v) is 21.0. The molecule has 12 heteroatoms. The molecule has 1 aliphatic heterocycles. The molecule has 0 spiro atoms. The van der Waals surface area contributed by atoms with E-state index in [2.05, 4.69) is 5.10 Å². The number of allylic oxidation sites excluding steroid dienone is 3. The number of rotatable bonds is 4. The van der Waals surface area contributed by atoms with E-state index in [1.165, 1.54) is 30.4 Å². The first-order valence-corrected chi connectivity index (χ1v) is 12.3. The molecule has 1 fully saturated rings. The summed E-state index contributed by atoms with van der Waals surface area (Å²) in [6.45, 7) is 1.38. The molecule has 1 saturated heterocycles. The van der Waals surface area contributed by atoms with E-state index in [4.69, 9.17) is 16.3 Å². The number of carboxylic acids is 1. The number of amides is 1. The zero-order valence-electron chi connectivity index (χ0n) is 20.2. The predicted octanol–water partition coefficient (Wildman–Crippen LogP) is 4.71. The first-order valence-electron chi connectivity index (χ1n) is 11.9. The standard InChI is InChI=1S/C27H21ClF3N3O5/c28-19-6-4-5-18(27(29,30)31)21(19)24(36)34-20-15-16(23(35)33-11-13-39-14-12-33)7-8-17(20)22(32-34)26(25(37)38)9-2-1-3-10-26/h1-9,15H,10-14H2,(H,37,38). The molecule has 8 nitrogen and oxygen atoms in total. The fourth-order valence-corrected chi connectivity index (χ4v) is 5.08. The van der Waals surface area contributed by atoms with Gasteiger partial charge < -0.3 is 14.7 Å². The van der Waals surface area contributed by atoms with Crippen molar-refractivity contribution in [3.8, 4) is 0 Å². The highest BCUT2D eigenvalue weighted by Crippen LogP contribution is 2.39. The summed E-state index contributed by atoms with van der Waals surface area (Å²) in [5, 5.41) is 14.3. The number of carbonyl (C=O) groups excluding carboxylic acids is 2. The summed E-state index contributed by atoms with van der Waals surface area (Å²) in [5.41, 5.74) is -3.71. The van der Waals surface area contributed by atoms with Crippen LogP contribution in [-0.2, 0) is 21.1 Å². The Morgan fingerprint density at radius 2 is 1.79 bits per heavy atom. The molecule has 5 rings (SSSR count). The lowest BCUT2D eigenvalue weighted by Gasteiger charge is -2.27. The number of nitrogens with zero attached hydrogens (tertiary/aromatic N) is 3. The molecule has 0 radical (unpaired) electrons. The summed E-state index contributed by atoms with van der Waals surface area (Å²) in [5.74, 6) is -2.84. The maximum absolute atomic E-state index is 13.9. The Bertz CT molecular complexity index is 1560. The third-order valence-corrected chi connectivity index (χ3v) is 7.14. The number of aromatic nitrogens is 2. The molecule has 1 N–H and O–H groups in total. The van der Waals surface area contributed by atoms with Gasteiger partial charge in [0.1, 0.15) is 5.41 Å². The Labute approximate surface area is 224 Å². The van der Waals surface area contributed by atoms with Gasteiger partial charge in [-0.25, -0.2) is 0 Å². The number of benzene rings is 2. The number of ether oxygens (including phenoxy) is 1. The van der Waals surface area contributed by atoms with Gasteiger partial charge in [0.15, 0.2) is 0 Å². The molecule has 1 aliphatic carbocycles. The summed E-state index contributed by atoms with van der Waals surface area (Å²) < 4.78 is 47.6. The fourth-order valence-electron chi connectivity index (χ4n) is 4.82. The molecule has 2 aliphatic rings. The Morgan fingerprint density at radius 3 is 2.44 bits per heavy atom. The van der Waals surface area contributed by atoms with Gasteiger partial charge in [0.2, 0.25) is 0 Å². The van der Waals surface area contributed by atoms with Crippen LogP contribution in [0.1, 0.15) is 38.4 Å². The van der Waals surface area contributed by atoms with Gasteiger partial charge in [-0.2, -0.15) is 23.0 Å². The van der Waals surface area contributed by atoms with Crippen LogP contribution in [0.2, 0.25) is 5.02 Å². The van der Waals surface area contributed by atoms with E-state index in [1.54, 1.807) is 17.1 Å². The monoisotopic (exact) mass is 559 g/mol. The van der Waals surface area contributed by atoms with Gasteiger partial charge in [-0.05, 0) is 30.7 Å². The van der Waals surface area contributed by atoms with Crippen LogP contribution in [-0.4, -0.2) is 63.9 Å². The van der Waals surface area contributed by atoms with Crippen molar-refractivity contribution >= 4 is 40.3 Å². The van der Waals surface area contributed by atoms with Crippen LogP contribution >= 0.6 is 11.6 Å². The SMILES string of the molecule is O=C(c1ccc2c(C3(C(=O)O)C=CC=CC3)nn(C(=O)c3c(Cl)cccc3C(F)(F)F)c2c1)N1CCOCC1. The van der Waals surface area contributed by atoms with Gasteiger partial charge in [-0.15, -0.1) is 0 Å². The van der Waals surface area contributed by atoms with Crippen molar-refractivity contribution in [2.45, 2.75) is 18.0 Å². The van der Waals surface area contributed by atoms with E-state index >= 15 is 0 Å². The lowest BCUT2D eigenvalue weighted by atomic mass is 9.77. The average molecular weight is 560 g/mol. The average Bonchev–Trinajstić information content (AvgIpc) is 3.32. The van der Waals surface area contributed by atoms with Gasteiger partial charge in [0.25, 0.3) is 11.8 Å². The minimum absolute atomic E-state index is 0.00646. The van der Waals surface area contributed by atoms with Crippen LogP contribution in [0.5, 0.6) is 0 Å². The molecule has 1 atom stereocenters. The van der Waals surface area contributed by atoms with E-state index in [-0.39, 0.29) is 34.5 Å². The molecular formula is C27H21ClF3N3O5. The van der Waals surface area contributed by atoms with Crippen molar-refractivity contribution < 1.29 is 37.4 Å². The normalized spacial score (nSPS) is 19.4. The second-order valence-electron chi connectivity index (χ2n) is 9.13. The van der Waals surface area contributed by atoms with Crippen molar-refractivity contribution in [3.63, 3.8) is 0 Å². The number of fused-ring (bicyclic) bond motifs is 1. The number of hydrogen-bond acceptors (Lipinski definition) is 5. The molecule has 0 bridgehead atoms. The van der Waals surface area contributed by atoms with Crippen LogP contribution in [0.3, 0.4) is 0 Å². The predicted molar refractivity (Wildman–Crippen MR) is 135 cm³/mol. The number of morpholine rings is 1. The van der Waals surface area contributed by atoms with Gasteiger partial charge in [-0.3, -0.25) is 14.4 Å². The van der Waals surface area contributed by atoms with Gasteiger partial charge >= 0.3 is 12.1 Å². The molecule has 1 amide bonds. The second-order valence-corrected chi connectivity index (χ2v) is 9.54. The lowest BCUT2D eigenvalue weighted by molar-refractivity contribution is -0.142. The highest BCUT2D eigenvalue weighted by molar-refractivity contribution is 6.34. The van der Waals surface area contributed by atoms with Crippen LogP contribution in [0.4, 0.5) is 13.2 Å². The third-order valence-electron chi connectivity index (χ3n) is 6.82. The topological polar surface area (TPSA) is 102 Å². The highest BCUT2D eigenvalue weighted by Gasteiger charge is 2.43. The summed E-state index contributed by atoms with van der Waals surface area (Å²) >= 11 is 6.10. The summed E-state index contributed by atoms with van der Waals surface area (Å²) in [6.07, 6.45) is 1.30. The number of aliphatic carboxylic acids is 1. The third kappa shape index (κ3) is 4.61. The first-order chi connectivity index (χ1) is 18.5. The van der Waals surface area contributed by atoms with Crippen LogP contribution in [0.25, 0.3) is 10.9 Å². The van der Waals surface area contributed by atoms with Gasteiger partial charge in [0.05, 0.1) is 40.6 Å². The number of carboxylic acid groups (broad SMARTS) is 1. The van der Waals surface area contributed by atoms with Crippen molar-refractivity contribution in [1.29, 1.82) is 0 Å². The van der Waals surface area contributed by atoms with E-state index in [0.717, 1.165) is 18.2 Å². The minimum atomic E-state index is -4.90. The summed E-state index contributed by atoms with van der Waals surface area (Å²) in [7, 11) is 0. The number of halogens is 4. The maximum atomic E-state index is 13.9. The molecule has 1 aromatic heterocycles. The number of alkyl halides is 3. The maximum Gasteiger partial charge on any atom is 0.417 e. The molecule has 2 heterocycles. The van der Waals surface area contributed by atoms with E-state index < -0.39 is 39.6 Å². The van der Waals surface area contributed by atoms with E-state index in [9.17, 15) is 32.7 Å². The number of hydrogen-bond donors (Lipinski definition) is 1. The van der Waals surface area contributed by atoms with Crippen molar-refractivity contribution in [2.24, 2.45) is 0 Å². The van der Waals surface area contributed by atoms with Crippen molar-refractivity contribution in [1.82, 2.24) is 14.7 Å². The second kappa shape index (κ2) is 9.97. The molecule has 3 aromatic rings. The Hall–Kier alpha value is -3.96. The first kappa shape index (κ1) is 26.6. The van der Waals surface area contributed by atoms with Gasteiger partial charge in [-0.1, -0.05) is 48.0 Å². The van der Waals surface area contributed by atoms with E-state index in [1.807, 2.05) is 0 Å². The van der Waals surface area contributed by atoms with Gasteiger partial charge in [0, 0.05) is 24.0 Å². The highest BCUT2D eigenvalue weighted by atomic mass is 35.5. The van der Waals surface area contributed by atoms with Crippen LogP contribution in [0.15, 0.2) is 60.7 Å². The largest absolute Gasteiger partial charge is 0.480 e. The number of carbonyl (C=O) groups is 3. The quantitative estimate of drug-likeness (QED) is 0.497. The molecule has 1 unspecified atom stereocenters. The lowest BCUT2D eigenvalue weighted by Crippen LogP contribution is -2.40. The molecule has 0 saturated carbocycles. The fraction of sp³-hybridized carbons (Fsp3) is 0.259. The Kier molecular flexibility index (Phi) is 6.81. The zero-order chi connectivity index (χ0) is 27.9.